The van der Waals surface area contributed by atoms with Crippen LogP contribution in [0.1, 0.15) is 11.3 Å². The van der Waals surface area contributed by atoms with Crippen LogP contribution in [-0.2, 0) is 0 Å². The molecule has 0 aliphatic carbocycles. The number of aryl methyl sites for hydroxylation is 2. The average Bonchev–Trinajstić information content (AvgIpc) is 2.42. The van der Waals surface area contributed by atoms with E-state index >= 15 is 0 Å². The van der Waals surface area contributed by atoms with Gasteiger partial charge in [0.25, 0.3) is 5.56 Å². The summed E-state index contributed by atoms with van der Waals surface area (Å²) in [6.45, 7) is 3.47. The first-order valence-electron chi connectivity index (χ1n) is 6.07. The van der Waals surface area contributed by atoms with Crippen LogP contribution in [0.15, 0.2) is 23.0 Å². The smallest absolute Gasteiger partial charge is 0.271 e. The lowest BCUT2D eigenvalue weighted by Gasteiger charge is -2.11. The van der Waals surface area contributed by atoms with Crippen molar-refractivity contribution >= 4 is 11.6 Å². The highest BCUT2D eigenvalue weighted by Gasteiger charge is 2.14. The van der Waals surface area contributed by atoms with Crippen molar-refractivity contribution in [3.8, 4) is 23.8 Å². The fourth-order valence-electron chi connectivity index (χ4n) is 1.71. The van der Waals surface area contributed by atoms with E-state index in [4.69, 9.17) is 22.8 Å². The Kier molecular flexibility index (Phi) is 4.29. The Morgan fingerprint density at radius 3 is 2.81 bits per heavy atom. The highest BCUT2D eigenvalue weighted by molar-refractivity contribution is 6.32. The van der Waals surface area contributed by atoms with Gasteiger partial charge in [0.15, 0.2) is 5.82 Å². The summed E-state index contributed by atoms with van der Waals surface area (Å²) in [5.41, 5.74) is 0.867. The van der Waals surface area contributed by atoms with Gasteiger partial charge in [-0.3, -0.25) is 4.79 Å². The van der Waals surface area contributed by atoms with Gasteiger partial charge in [-0.1, -0.05) is 17.5 Å². The molecule has 2 aromatic rings. The Morgan fingerprint density at radius 1 is 1.43 bits per heavy atom. The number of aromatic nitrogens is 2. The number of ether oxygens (including phenoxy) is 1. The van der Waals surface area contributed by atoms with E-state index in [9.17, 15) is 9.18 Å². The van der Waals surface area contributed by atoms with E-state index in [0.717, 1.165) is 16.3 Å². The van der Waals surface area contributed by atoms with Crippen molar-refractivity contribution in [3.05, 3.63) is 50.7 Å². The van der Waals surface area contributed by atoms with Gasteiger partial charge in [0.05, 0.1) is 10.7 Å². The summed E-state index contributed by atoms with van der Waals surface area (Å²) in [7, 11) is 0. The lowest BCUT2D eigenvalue weighted by atomic mass is 10.2. The van der Waals surface area contributed by atoms with Gasteiger partial charge in [-0.05, 0) is 25.5 Å². The van der Waals surface area contributed by atoms with E-state index in [-0.39, 0.29) is 23.1 Å². The van der Waals surface area contributed by atoms with E-state index in [1.165, 1.54) is 12.1 Å². The summed E-state index contributed by atoms with van der Waals surface area (Å²) < 4.78 is 20.3. The molecule has 0 aliphatic heterocycles. The quantitative estimate of drug-likeness (QED) is 0.819. The molecule has 1 heterocycles. The molecule has 0 saturated carbocycles. The molecule has 0 amide bonds. The van der Waals surface area contributed by atoms with E-state index in [1.54, 1.807) is 13.8 Å². The van der Waals surface area contributed by atoms with Crippen molar-refractivity contribution in [2.75, 3.05) is 6.61 Å². The second kappa shape index (κ2) is 5.98. The molecule has 21 heavy (non-hydrogen) atoms. The summed E-state index contributed by atoms with van der Waals surface area (Å²) in [6.07, 6.45) is 5.11. The van der Waals surface area contributed by atoms with Crippen LogP contribution in [0.4, 0.5) is 4.39 Å². The number of hydrogen-bond donors (Lipinski definition) is 0. The number of rotatable bonds is 3. The minimum atomic E-state index is -0.675. The molecule has 1 aromatic carbocycles. The second-order valence-electron chi connectivity index (χ2n) is 4.39. The molecule has 108 valence electrons. The summed E-state index contributed by atoms with van der Waals surface area (Å²) in [4.78, 5) is 12.0. The maximum atomic E-state index is 14.1. The van der Waals surface area contributed by atoms with Crippen molar-refractivity contribution in [2.45, 2.75) is 13.8 Å². The van der Waals surface area contributed by atoms with Crippen molar-refractivity contribution < 1.29 is 9.13 Å². The fraction of sp³-hybridized carbons (Fsp3) is 0.200. The van der Waals surface area contributed by atoms with Crippen molar-refractivity contribution in [1.82, 2.24) is 9.78 Å². The molecule has 2 rings (SSSR count). The van der Waals surface area contributed by atoms with Gasteiger partial charge in [-0.15, -0.1) is 6.42 Å². The van der Waals surface area contributed by atoms with Gasteiger partial charge in [-0.25, -0.2) is 4.39 Å². The molecule has 0 bridgehead atoms. The average molecular weight is 307 g/mol. The topological polar surface area (TPSA) is 44.1 Å². The predicted octanol–water partition coefficient (Wildman–Crippen LogP) is 2.65. The van der Waals surface area contributed by atoms with E-state index in [1.807, 2.05) is 0 Å². The normalized spacial score (nSPS) is 10.2. The lowest BCUT2D eigenvalue weighted by Crippen LogP contribution is -2.23. The third kappa shape index (κ3) is 3.06. The summed E-state index contributed by atoms with van der Waals surface area (Å²) in [5.74, 6) is 1.80. The molecule has 0 aliphatic rings. The van der Waals surface area contributed by atoms with E-state index in [0.29, 0.717) is 5.69 Å². The fourth-order valence-corrected chi connectivity index (χ4v) is 1.92. The Balaban J connectivity index is 2.61. The van der Waals surface area contributed by atoms with Gasteiger partial charge in [-0.2, -0.15) is 9.78 Å². The van der Waals surface area contributed by atoms with Crippen molar-refractivity contribution in [2.24, 2.45) is 0 Å². The van der Waals surface area contributed by atoms with Crippen LogP contribution in [0.25, 0.3) is 5.69 Å². The first kappa shape index (κ1) is 15.1. The number of hydrogen-bond acceptors (Lipinski definition) is 3. The zero-order chi connectivity index (χ0) is 15.6. The van der Waals surface area contributed by atoms with Crippen LogP contribution in [0.5, 0.6) is 5.75 Å². The highest BCUT2D eigenvalue weighted by Crippen LogP contribution is 2.29. The SMILES string of the molecule is C#CCOc1cc(-n2nc(C)c(C)cc2=O)c(F)cc1Cl. The maximum Gasteiger partial charge on any atom is 0.271 e. The molecule has 1 aromatic heterocycles. The molecule has 0 atom stereocenters. The summed E-state index contributed by atoms with van der Waals surface area (Å²) in [6, 6.07) is 3.75. The summed E-state index contributed by atoms with van der Waals surface area (Å²) in [5, 5.41) is 4.15. The van der Waals surface area contributed by atoms with Crippen molar-refractivity contribution in [3.63, 3.8) is 0 Å². The zero-order valence-corrected chi connectivity index (χ0v) is 12.2. The molecule has 4 nitrogen and oxygen atoms in total. The summed E-state index contributed by atoms with van der Waals surface area (Å²) >= 11 is 5.88. The number of halogens is 2. The van der Waals surface area contributed by atoms with Gasteiger partial charge < -0.3 is 4.74 Å². The van der Waals surface area contributed by atoms with Gasteiger partial charge in [0.2, 0.25) is 0 Å². The first-order valence-corrected chi connectivity index (χ1v) is 6.45. The standard InChI is InChI=1S/C15H12ClFN2O2/c1-4-5-21-14-8-13(12(17)7-11(14)16)19-15(20)6-9(2)10(3)18-19/h1,6-8H,5H2,2-3H3. The molecule has 6 heteroatoms. The Labute approximate surface area is 126 Å². The van der Waals surface area contributed by atoms with Crippen LogP contribution in [-0.4, -0.2) is 16.4 Å². The van der Waals surface area contributed by atoms with Crippen LogP contribution in [0.2, 0.25) is 5.02 Å². The Hall–Kier alpha value is -2.32. The molecule has 0 fully saturated rings. The maximum absolute atomic E-state index is 14.1. The highest BCUT2D eigenvalue weighted by atomic mass is 35.5. The lowest BCUT2D eigenvalue weighted by molar-refractivity contribution is 0.369. The third-order valence-corrected chi connectivity index (χ3v) is 3.21. The number of nitrogens with zero attached hydrogens (tertiary/aromatic N) is 2. The van der Waals surface area contributed by atoms with Gasteiger partial charge in [0, 0.05) is 12.1 Å². The van der Waals surface area contributed by atoms with E-state index < -0.39 is 11.4 Å². The number of benzene rings is 1. The van der Waals surface area contributed by atoms with Crippen LogP contribution < -0.4 is 10.3 Å². The van der Waals surface area contributed by atoms with Crippen LogP contribution in [0, 0.1) is 32.0 Å². The minimum Gasteiger partial charge on any atom is -0.479 e. The molecular weight excluding hydrogens is 295 g/mol. The third-order valence-electron chi connectivity index (χ3n) is 2.91. The molecular formula is C15H12ClFN2O2. The Bertz CT molecular complexity index is 793. The molecule has 0 saturated heterocycles. The largest absolute Gasteiger partial charge is 0.479 e. The monoisotopic (exact) mass is 306 g/mol. The predicted molar refractivity (Wildman–Crippen MR) is 78.6 cm³/mol. The Morgan fingerprint density at radius 2 is 2.14 bits per heavy atom. The van der Waals surface area contributed by atoms with Crippen LogP contribution in [0.3, 0.4) is 0 Å². The molecule has 0 unspecified atom stereocenters. The molecule has 0 N–H and O–H groups in total. The zero-order valence-electron chi connectivity index (χ0n) is 11.5. The van der Waals surface area contributed by atoms with Gasteiger partial charge >= 0.3 is 0 Å². The minimum absolute atomic E-state index is 0.0138. The molecule has 0 radical (unpaired) electrons. The first-order chi connectivity index (χ1) is 9.93. The van der Waals surface area contributed by atoms with E-state index in [2.05, 4.69) is 11.0 Å². The van der Waals surface area contributed by atoms with Crippen LogP contribution >= 0.6 is 11.6 Å². The van der Waals surface area contributed by atoms with Gasteiger partial charge in [0.1, 0.15) is 18.0 Å². The van der Waals surface area contributed by atoms with Crippen molar-refractivity contribution in [1.29, 1.82) is 0 Å². The number of terminal acetylenes is 1. The second-order valence-corrected chi connectivity index (χ2v) is 4.80. The molecule has 0 spiro atoms.